The molecular formula is C9H15BrN2O3. The van der Waals surface area contributed by atoms with Gasteiger partial charge in [-0.15, -0.1) is 0 Å². The highest BCUT2D eigenvalue weighted by molar-refractivity contribution is 9.09. The molecule has 2 N–H and O–H groups in total. The molecule has 0 amide bonds. The van der Waals surface area contributed by atoms with Crippen LogP contribution in [0.15, 0.2) is 16.4 Å². The first-order chi connectivity index (χ1) is 7.17. The van der Waals surface area contributed by atoms with Crippen LogP contribution in [0.5, 0.6) is 0 Å². The van der Waals surface area contributed by atoms with Crippen molar-refractivity contribution in [2.45, 2.75) is 6.92 Å². The number of carbonyl (C=O) groups is 1. The fourth-order valence-electron chi connectivity index (χ4n) is 0.740. The van der Waals surface area contributed by atoms with Crippen molar-refractivity contribution in [1.29, 1.82) is 0 Å². The Morgan fingerprint density at radius 1 is 1.60 bits per heavy atom. The second kappa shape index (κ2) is 8.28. The Labute approximate surface area is 97.5 Å². The second-order valence-corrected chi connectivity index (χ2v) is 3.22. The lowest BCUT2D eigenvalue weighted by atomic mass is 10.3. The van der Waals surface area contributed by atoms with Gasteiger partial charge in [0.2, 0.25) is 0 Å². The summed E-state index contributed by atoms with van der Waals surface area (Å²) in [6.07, 6.45) is 1.36. The molecule has 0 fully saturated rings. The smallest absolute Gasteiger partial charge is 0.345 e. The number of alkyl halides is 1. The van der Waals surface area contributed by atoms with Crippen molar-refractivity contribution < 1.29 is 14.3 Å². The van der Waals surface area contributed by atoms with Crippen molar-refractivity contribution in [1.82, 2.24) is 0 Å². The van der Waals surface area contributed by atoms with Crippen molar-refractivity contribution in [2.75, 3.05) is 25.6 Å². The predicted octanol–water partition coefficient (Wildman–Crippen LogP) is 0.832. The summed E-state index contributed by atoms with van der Waals surface area (Å²) < 4.78 is 9.56. The minimum absolute atomic E-state index is 0.00627. The fourth-order valence-corrected chi connectivity index (χ4v) is 0.945. The number of aliphatic imine (C=N–C) groups is 1. The number of halogens is 1. The molecule has 0 heterocycles. The van der Waals surface area contributed by atoms with Crippen LogP contribution in [-0.4, -0.2) is 37.8 Å². The summed E-state index contributed by atoms with van der Waals surface area (Å²) in [7, 11) is 1.38. The molecule has 0 aliphatic carbocycles. The molecule has 0 aromatic carbocycles. The van der Waals surface area contributed by atoms with Gasteiger partial charge in [0.05, 0.1) is 13.7 Å². The monoisotopic (exact) mass is 278 g/mol. The van der Waals surface area contributed by atoms with Crippen LogP contribution < -0.4 is 5.73 Å². The lowest BCUT2D eigenvalue weighted by Gasteiger charge is -2.05. The standard InChI is InChI=1S/C9H15BrN2O3/c1-3-15-9(13)7(8(11)14-2)6-12-5-4-10/h6H,3-5,11H2,1-2H3/b8-7-,12-6?. The number of hydrogen-bond donors (Lipinski definition) is 1. The lowest BCUT2D eigenvalue weighted by molar-refractivity contribution is -0.138. The molecule has 0 radical (unpaired) electrons. The molecule has 86 valence electrons. The van der Waals surface area contributed by atoms with E-state index in [1.807, 2.05) is 0 Å². The maximum absolute atomic E-state index is 11.4. The Kier molecular flexibility index (Phi) is 7.71. The number of carbonyl (C=O) groups excluding carboxylic acids is 1. The second-order valence-electron chi connectivity index (χ2n) is 2.43. The fraction of sp³-hybridized carbons (Fsp3) is 0.556. The molecule has 15 heavy (non-hydrogen) atoms. The van der Waals surface area contributed by atoms with Crippen molar-refractivity contribution >= 4 is 28.1 Å². The summed E-state index contributed by atoms with van der Waals surface area (Å²) in [4.78, 5) is 15.4. The lowest BCUT2D eigenvalue weighted by Crippen LogP contribution is -2.16. The van der Waals surface area contributed by atoms with Gasteiger partial charge >= 0.3 is 5.97 Å². The summed E-state index contributed by atoms with van der Waals surface area (Å²) in [5, 5.41) is 0.715. The van der Waals surface area contributed by atoms with Crippen molar-refractivity contribution in [2.24, 2.45) is 10.7 Å². The van der Waals surface area contributed by atoms with Gasteiger partial charge in [-0.3, -0.25) is 4.99 Å². The van der Waals surface area contributed by atoms with Crippen LogP contribution in [0.4, 0.5) is 0 Å². The molecule has 0 aliphatic rings. The van der Waals surface area contributed by atoms with Crippen LogP contribution >= 0.6 is 15.9 Å². The van der Waals surface area contributed by atoms with Gasteiger partial charge in [-0.2, -0.15) is 0 Å². The maximum atomic E-state index is 11.4. The predicted molar refractivity (Wildman–Crippen MR) is 62.0 cm³/mol. The first-order valence-corrected chi connectivity index (χ1v) is 5.56. The zero-order chi connectivity index (χ0) is 11.7. The first-order valence-electron chi connectivity index (χ1n) is 4.44. The van der Waals surface area contributed by atoms with E-state index in [0.717, 1.165) is 0 Å². The van der Waals surface area contributed by atoms with Crippen LogP contribution in [-0.2, 0) is 14.3 Å². The molecular weight excluding hydrogens is 264 g/mol. The minimum atomic E-state index is -0.532. The number of hydrogen-bond acceptors (Lipinski definition) is 5. The largest absolute Gasteiger partial charge is 0.482 e. The molecule has 6 heteroatoms. The van der Waals surface area contributed by atoms with E-state index in [2.05, 4.69) is 20.9 Å². The quantitative estimate of drug-likeness (QED) is 0.257. The summed E-state index contributed by atoms with van der Waals surface area (Å²) >= 11 is 3.21. The Balaban J connectivity index is 4.67. The highest BCUT2D eigenvalue weighted by Crippen LogP contribution is 2.01. The molecule has 0 aromatic heterocycles. The molecule has 0 saturated carbocycles. The average molecular weight is 279 g/mol. The maximum Gasteiger partial charge on any atom is 0.345 e. The summed E-state index contributed by atoms with van der Waals surface area (Å²) in [6.45, 7) is 2.56. The van der Waals surface area contributed by atoms with Crippen molar-refractivity contribution in [3.8, 4) is 0 Å². The molecule has 5 nitrogen and oxygen atoms in total. The summed E-state index contributed by atoms with van der Waals surface area (Å²) in [5.41, 5.74) is 5.62. The van der Waals surface area contributed by atoms with Gasteiger partial charge in [0.15, 0.2) is 5.88 Å². The van der Waals surface area contributed by atoms with E-state index in [0.29, 0.717) is 11.9 Å². The van der Waals surface area contributed by atoms with E-state index in [1.165, 1.54) is 13.3 Å². The molecule has 0 bridgehead atoms. The van der Waals surface area contributed by atoms with Gasteiger partial charge in [0, 0.05) is 18.1 Å². The van der Waals surface area contributed by atoms with Gasteiger partial charge < -0.3 is 15.2 Å². The third-order valence-electron chi connectivity index (χ3n) is 1.41. The Morgan fingerprint density at radius 2 is 2.27 bits per heavy atom. The Bertz CT molecular complexity index is 264. The Hall–Kier alpha value is -1.04. The van der Waals surface area contributed by atoms with Crippen molar-refractivity contribution in [3.63, 3.8) is 0 Å². The number of ether oxygens (including phenoxy) is 2. The molecule has 0 atom stereocenters. The first kappa shape index (κ1) is 14.0. The number of rotatable bonds is 6. The van der Waals surface area contributed by atoms with Gasteiger partial charge in [0.1, 0.15) is 5.57 Å². The average Bonchev–Trinajstić information content (AvgIpc) is 2.23. The van der Waals surface area contributed by atoms with Crippen molar-refractivity contribution in [3.05, 3.63) is 11.5 Å². The van der Waals surface area contributed by atoms with Gasteiger partial charge in [0.25, 0.3) is 0 Å². The van der Waals surface area contributed by atoms with E-state index in [9.17, 15) is 4.79 Å². The number of methoxy groups -OCH3 is 1. The molecule has 0 unspecified atom stereocenters. The SMILES string of the molecule is CCOC(=O)/C(C=NCCBr)=C(/N)OC. The third kappa shape index (κ3) is 5.41. The number of nitrogens with two attached hydrogens (primary N) is 1. The van der Waals surface area contributed by atoms with Gasteiger partial charge in [-0.05, 0) is 6.92 Å². The molecule has 0 aromatic rings. The zero-order valence-electron chi connectivity index (χ0n) is 8.83. The highest BCUT2D eigenvalue weighted by atomic mass is 79.9. The van der Waals surface area contributed by atoms with E-state index >= 15 is 0 Å². The van der Waals surface area contributed by atoms with E-state index in [4.69, 9.17) is 15.2 Å². The van der Waals surface area contributed by atoms with E-state index in [1.54, 1.807) is 6.92 Å². The molecule has 0 aliphatic heterocycles. The highest BCUT2D eigenvalue weighted by Gasteiger charge is 2.13. The van der Waals surface area contributed by atoms with Crippen LogP contribution in [0.1, 0.15) is 6.92 Å². The summed E-state index contributed by atoms with van der Waals surface area (Å²) in [6, 6.07) is 0. The minimum Gasteiger partial charge on any atom is -0.482 e. The normalized spacial score (nSPS) is 12.5. The van der Waals surface area contributed by atoms with Crippen LogP contribution in [0, 0.1) is 0 Å². The number of nitrogens with zero attached hydrogens (tertiary/aromatic N) is 1. The topological polar surface area (TPSA) is 73.9 Å². The van der Waals surface area contributed by atoms with Gasteiger partial charge in [-0.1, -0.05) is 15.9 Å². The van der Waals surface area contributed by atoms with Crippen LogP contribution in [0.25, 0.3) is 0 Å². The molecule has 0 rings (SSSR count). The summed E-state index contributed by atoms with van der Waals surface area (Å²) in [5.74, 6) is -0.526. The van der Waals surface area contributed by atoms with E-state index in [-0.39, 0.29) is 18.1 Å². The molecule has 0 saturated heterocycles. The number of esters is 1. The third-order valence-corrected chi connectivity index (χ3v) is 1.77. The Morgan fingerprint density at radius 3 is 2.73 bits per heavy atom. The van der Waals surface area contributed by atoms with Gasteiger partial charge in [-0.25, -0.2) is 4.79 Å². The van der Waals surface area contributed by atoms with Crippen LogP contribution in [0.2, 0.25) is 0 Å². The molecule has 0 spiro atoms. The zero-order valence-corrected chi connectivity index (χ0v) is 10.4. The van der Waals surface area contributed by atoms with E-state index < -0.39 is 5.97 Å². The van der Waals surface area contributed by atoms with Crippen LogP contribution in [0.3, 0.4) is 0 Å².